The van der Waals surface area contributed by atoms with Crippen molar-refractivity contribution in [2.75, 3.05) is 5.73 Å². The van der Waals surface area contributed by atoms with E-state index in [0.717, 1.165) is 17.1 Å². The van der Waals surface area contributed by atoms with Gasteiger partial charge in [0.25, 0.3) is 5.91 Å². The molecule has 4 N–H and O–H groups in total. The summed E-state index contributed by atoms with van der Waals surface area (Å²) in [4.78, 5) is 12.3. The third kappa shape index (κ3) is 2.77. The monoisotopic (exact) mass is 307 g/mol. The lowest BCUT2D eigenvalue weighted by molar-refractivity contribution is 0.0235. The molecule has 1 amide bonds. The second-order valence-electron chi connectivity index (χ2n) is 5.40. The van der Waals surface area contributed by atoms with E-state index in [2.05, 4.69) is 14.8 Å². The number of amides is 1. The van der Waals surface area contributed by atoms with Gasteiger partial charge < -0.3 is 16.2 Å². The van der Waals surface area contributed by atoms with Crippen molar-refractivity contribution < 1.29 is 9.90 Å². The molecule has 0 radical (unpaired) electrons. The molecule has 1 aliphatic rings. The van der Waals surface area contributed by atoms with Crippen LogP contribution in [0.3, 0.4) is 0 Å². The lowest BCUT2D eigenvalue weighted by atomic mass is 9.75. The summed E-state index contributed by atoms with van der Waals surface area (Å²) < 4.78 is 5.61. The molecule has 1 fully saturated rings. The van der Waals surface area contributed by atoms with Gasteiger partial charge in [-0.1, -0.05) is 0 Å². The van der Waals surface area contributed by atoms with Crippen molar-refractivity contribution in [2.24, 2.45) is 13.0 Å². The van der Waals surface area contributed by atoms with Crippen LogP contribution in [0, 0.1) is 5.92 Å². The number of anilines is 1. The lowest BCUT2D eigenvalue weighted by Crippen LogP contribution is -2.41. The van der Waals surface area contributed by atoms with E-state index in [4.69, 9.17) is 5.73 Å². The van der Waals surface area contributed by atoms with Gasteiger partial charge in [-0.25, -0.2) is 0 Å². The highest BCUT2D eigenvalue weighted by molar-refractivity contribution is 7.04. The van der Waals surface area contributed by atoms with Crippen LogP contribution in [0.2, 0.25) is 0 Å². The summed E-state index contributed by atoms with van der Waals surface area (Å²) >= 11 is 1.16. The molecular weight excluding hydrogens is 290 g/mol. The van der Waals surface area contributed by atoms with E-state index in [1.54, 1.807) is 16.3 Å². The van der Waals surface area contributed by atoms with E-state index in [0.29, 0.717) is 18.4 Å². The Morgan fingerprint density at radius 2 is 2.38 bits per heavy atom. The Labute approximate surface area is 125 Å². The van der Waals surface area contributed by atoms with Gasteiger partial charge in [0.05, 0.1) is 23.9 Å². The summed E-state index contributed by atoms with van der Waals surface area (Å²) in [6.07, 6.45) is 4.70. The number of carbonyl (C=O) groups excluding carboxylic acids is 1. The summed E-state index contributed by atoms with van der Waals surface area (Å²) in [5, 5.41) is 18.3. The Balaban J connectivity index is 1.79. The summed E-state index contributed by atoms with van der Waals surface area (Å²) in [7, 11) is 1.83. The summed E-state index contributed by atoms with van der Waals surface area (Å²) in [6.45, 7) is 0. The molecule has 0 saturated heterocycles. The van der Waals surface area contributed by atoms with Crippen LogP contribution < -0.4 is 11.1 Å². The van der Waals surface area contributed by atoms with Crippen molar-refractivity contribution >= 4 is 23.3 Å². The van der Waals surface area contributed by atoms with Gasteiger partial charge in [-0.2, -0.15) is 9.47 Å². The highest BCUT2D eigenvalue weighted by atomic mass is 32.1. The first-order valence-corrected chi connectivity index (χ1v) is 7.55. The average Bonchev–Trinajstić information content (AvgIpc) is 3.01. The molecule has 112 valence electrons. The number of nitrogens with one attached hydrogen (secondary N) is 1. The number of aryl methyl sites for hydroxylation is 1. The predicted molar refractivity (Wildman–Crippen MR) is 78.7 cm³/mol. The van der Waals surface area contributed by atoms with Crippen LogP contribution in [0.1, 0.15) is 34.8 Å². The zero-order valence-corrected chi connectivity index (χ0v) is 12.4. The van der Waals surface area contributed by atoms with Gasteiger partial charge in [-0.3, -0.25) is 9.48 Å². The fraction of sp³-hybridized carbons (Fsp3) is 0.462. The number of aliphatic hydroxyl groups excluding tert-OH is 1. The molecule has 21 heavy (non-hydrogen) atoms. The van der Waals surface area contributed by atoms with Gasteiger partial charge in [-0.05, 0) is 30.3 Å². The standard InChI is InChI=1S/C13H17N5O2S/c1-18-5-8(4-15-18)11(7-2-9(19)3-7)16-13(20)10-6-21-17-12(10)14/h4-7,9,11,19H,2-3H2,1H3,(H2,14,17)(H,16,20). The van der Waals surface area contributed by atoms with Crippen LogP contribution in [-0.2, 0) is 7.05 Å². The first kappa shape index (κ1) is 14.0. The van der Waals surface area contributed by atoms with Gasteiger partial charge >= 0.3 is 0 Å². The first-order chi connectivity index (χ1) is 10.0. The molecule has 8 heteroatoms. The topological polar surface area (TPSA) is 106 Å². The van der Waals surface area contributed by atoms with Crippen LogP contribution in [-0.4, -0.2) is 31.3 Å². The van der Waals surface area contributed by atoms with Crippen molar-refractivity contribution in [1.82, 2.24) is 19.5 Å². The predicted octanol–water partition coefficient (Wildman–Crippen LogP) is 0.701. The molecule has 1 unspecified atom stereocenters. The third-order valence-corrected chi connectivity index (χ3v) is 4.48. The Hall–Kier alpha value is -1.93. The highest BCUT2D eigenvalue weighted by Gasteiger charge is 2.36. The number of rotatable bonds is 4. The number of hydrogen-bond acceptors (Lipinski definition) is 6. The molecule has 0 spiro atoms. The number of hydrogen-bond donors (Lipinski definition) is 3. The summed E-state index contributed by atoms with van der Waals surface area (Å²) in [6, 6.07) is -0.172. The van der Waals surface area contributed by atoms with E-state index in [1.165, 1.54) is 0 Å². The van der Waals surface area contributed by atoms with E-state index >= 15 is 0 Å². The van der Waals surface area contributed by atoms with Gasteiger partial charge in [0.15, 0.2) is 0 Å². The SMILES string of the molecule is Cn1cc(C(NC(=O)c2csnc2N)C2CC(O)C2)cn1. The summed E-state index contributed by atoms with van der Waals surface area (Å²) in [5.41, 5.74) is 7.02. The second kappa shape index (κ2) is 5.45. The number of aromatic nitrogens is 3. The number of nitrogens with zero attached hydrogens (tertiary/aromatic N) is 3. The Bertz CT molecular complexity index is 647. The molecule has 7 nitrogen and oxygen atoms in total. The molecule has 0 aromatic carbocycles. The van der Waals surface area contributed by atoms with Crippen LogP contribution in [0.4, 0.5) is 5.82 Å². The quantitative estimate of drug-likeness (QED) is 0.771. The second-order valence-corrected chi connectivity index (χ2v) is 6.03. The average molecular weight is 307 g/mol. The van der Waals surface area contributed by atoms with Crippen molar-refractivity contribution in [2.45, 2.75) is 25.0 Å². The molecule has 0 aliphatic heterocycles. The van der Waals surface area contributed by atoms with E-state index in [9.17, 15) is 9.90 Å². The molecule has 1 saturated carbocycles. The first-order valence-electron chi connectivity index (χ1n) is 6.72. The molecule has 1 atom stereocenters. The smallest absolute Gasteiger partial charge is 0.256 e. The zero-order chi connectivity index (χ0) is 15.0. The van der Waals surface area contributed by atoms with Gasteiger partial charge in [-0.15, -0.1) is 0 Å². The van der Waals surface area contributed by atoms with Crippen molar-refractivity contribution in [3.63, 3.8) is 0 Å². The third-order valence-electron chi connectivity index (χ3n) is 3.83. The maximum atomic E-state index is 12.3. The zero-order valence-electron chi connectivity index (χ0n) is 11.6. The largest absolute Gasteiger partial charge is 0.393 e. The molecule has 2 heterocycles. The lowest BCUT2D eigenvalue weighted by Gasteiger charge is -2.37. The normalized spacial score (nSPS) is 22.6. The molecule has 3 rings (SSSR count). The molecule has 2 aromatic heterocycles. The fourth-order valence-electron chi connectivity index (χ4n) is 2.61. The van der Waals surface area contributed by atoms with Crippen molar-refractivity contribution in [3.8, 4) is 0 Å². The number of aliphatic hydroxyl groups is 1. The van der Waals surface area contributed by atoms with Gasteiger partial charge in [0, 0.05) is 24.2 Å². The maximum absolute atomic E-state index is 12.3. The summed E-state index contributed by atoms with van der Waals surface area (Å²) in [5.74, 6) is 0.216. The molecule has 0 bridgehead atoms. The molecular formula is C13H17N5O2S. The van der Waals surface area contributed by atoms with E-state index in [-0.39, 0.29) is 29.8 Å². The Morgan fingerprint density at radius 1 is 1.62 bits per heavy atom. The highest BCUT2D eigenvalue weighted by Crippen LogP contribution is 2.38. The minimum Gasteiger partial charge on any atom is -0.393 e. The van der Waals surface area contributed by atoms with E-state index < -0.39 is 0 Å². The van der Waals surface area contributed by atoms with Crippen LogP contribution >= 0.6 is 11.5 Å². The minimum atomic E-state index is -0.279. The van der Waals surface area contributed by atoms with Gasteiger partial charge in [0.2, 0.25) is 0 Å². The van der Waals surface area contributed by atoms with E-state index in [1.807, 2.05) is 13.2 Å². The maximum Gasteiger partial charge on any atom is 0.256 e. The van der Waals surface area contributed by atoms with Gasteiger partial charge in [0.1, 0.15) is 5.82 Å². The van der Waals surface area contributed by atoms with Crippen LogP contribution in [0.25, 0.3) is 0 Å². The number of nitrogen functional groups attached to an aromatic ring is 1. The molecule has 1 aliphatic carbocycles. The van der Waals surface area contributed by atoms with Crippen LogP contribution in [0.5, 0.6) is 0 Å². The van der Waals surface area contributed by atoms with Crippen molar-refractivity contribution in [3.05, 3.63) is 28.9 Å². The van der Waals surface area contributed by atoms with Crippen LogP contribution in [0.15, 0.2) is 17.8 Å². The fourth-order valence-corrected chi connectivity index (χ4v) is 3.21. The Morgan fingerprint density at radius 3 is 2.90 bits per heavy atom. The minimum absolute atomic E-state index is 0.172. The number of nitrogens with two attached hydrogens (primary N) is 1. The number of carbonyl (C=O) groups is 1. The van der Waals surface area contributed by atoms with Crippen molar-refractivity contribution in [1.29, 1.82) is 0 Å². The molecule has 2 aromatic rings. The Kier molecular flexibility index (Phi) is 3.64.